The van der Waals surface area contributed by atoms with Crippen LogP contribution in [0.2, 0.25) is 0 Å². The Labute approximate surface area is 96.2 Å². The van der Waals surface area contributed by atoms with Gasteiger partial charge in [-0.05, 0) is 12.5 Å². The first-order valence-corrected chi connectivity index (χ1v) is 5.81. The van der Waals surface area contributed by atoms with Gasteiger partial charge in [0.05, 0.1) is 6.61 Å². The minimum atomic E-state index is 0.0981. The minimum Gasteiger partial charge on any atom is -0.392 e. The molecule has 0 saturated heterocycles. The van der Waals surface area contributed by atoms with Crippen molar-refractivity contribution in [2.45, 2.75) is 47.5 Å². The van der Waals surface area contributed by atoms with E-state index in [-0.39, 0.29) is 6.61 Å². The van der Waals surface area contributed by atoms with Crippen LogP contribution in [0.25, 0.3) is 0 Å². The summed E-state index contributed by atoms with van der Waals surface area (Å²) in [5, 5.41) is 8.60. The summed E-state index contributed by atoms with van der Waals surface area (Å²) in [6.07, 6.45) is 9.80. The van der Waals surface area contributed by atoms with Gasteiger partial charge in [0.25, 0.3) is 0 Å². The first kappa shape index (κ1) is 19.7. The minimum absolute atomic E-state index is 0.0981. The molecular formula is C14H28O. The predicted molar refractivity (Wildman–Crippen MR) is 72.1 cm³/mol. The Bertz CT molecular complexity index is 153. The molecule has 0 saturated carbocycles. The highest BCUT2D eigenvalue weighted by molar-refractivity contribution is 5.20. The van der Waals surface area contributed by atoms with Crippen molar-refractivity contribution in [3.63, 3.8) is 0 Å². The van der Waals surface area contributed by atoms with Crippen LogP contribution in [0, 0.1) is 0 Å². The van der Waals surface area contributed by atoms with Gasteiger partial charge in [0, 0.05) is 0 Å². The maximum Gasteiger partial charge on any atom is 0.0678 e. The van der Waals surface area contributed by atoms with Crippen LogP contribution in [-0.4, -0.2) is 11.7 Å². The number of hydrogen-bond acceptors (Lipinski definition) is 1. The first-order chi connectivity index (χ1) is 7.26. The van der Waals surface area contributed by atoms with E-state index in [9.17, 15) is 0 Å². The molecule has 0 rings (SSSR count). The van der Waals surface area contributed by atoms with Gasteiger partial charge >= 0.3 is 0 Å². The predicted octanol–water partition coefficient (Wildman–Crippen LogP) is 4.50. The number of hydrogen-bond donors (Lipinski definition) is 1. The van der Waals surface area contributed by atoms with Crippen LogP contribution < -0.4 is 0 Å². The Hall–Kier alpha value is -0.820. The molecule has 0 aromatic carbocycles. The lowest BCUT2D eigenvalue weighted by atomic mass is 10.2. The zero-order chi connectivity index (χ0) is 12.5. The molecule has 0 spiro atoms. The van der Waals surface area contributed by atoms with Gasteiger partial charge in [-0.1, -0.05) is 71.4 Å². The lowest BCUT2D eigenvalue weighted by Crippen LogP contribution is -1.83. The van der Waals surface area contributed by atoms with Crippen molar-refractivity contribution in [1.29, 1.82) is 0 Å². The highest BCUT2D eigenvalue weighted by Gasteiger charge is 1.81. The fraction of sp³-hybridized carbons (Fsp3) is 0.571. The fourth-order valence-electron chi connectivity index (χ4n) is 0.432. The Morgan fingerprint density at radius 3 is 1.87 bits per heavy atom. The molecule has 1 N–H and O–H groups in total. The molecule has 0 atom stereocenters. The van der Waals surface area contributed by atoms with E-state index in [0.29, 0.717) is 0 Å². The van der Waals surface area contributed by atoms with Gasteiger partial charge in [-0.2, -0.15) is 0 Å². The van der Waals surface area contributed by atoms with Gasteiger partial charge in [-0.25, -0.2) is 0 Å². The lowest BCUT2D eigenvalue weighted by Gasteiger charge is -1.89. The van der Waals surface area contributed by atoms with E-state index < -0.39 is 0 Å². The second kappa shape index (κ2) is 23.2. The lowest BCUT2D eigenvalue weighted by molar-refractivity contribution is 0.335. The normalized spacial score (nSPS) is 9.87. The van der Waals surface area contributed by atoms with Crippen molar-refractivity contribution in [1.82, 2.24) is 0 Å². The van der Waals surface area contributed by atoms with Crippen LogP contribution in [0.15, 0.2) is 36.5 Å². The Morgan fingerprint density at radius 1 is 1.20 bits per heavy atom. The number of allylic oxidation sites excluding steroid dienone is 3. The van der Waals surface area contributed by atoms with E-state index in [4.69, 9.17) is 5.11 Å². The quantitative estimate of drug-likeness (QED) is 0.680. The van der Waals surface area contributed by atoms with Crippen LogP contribution in [0.4, 0.5) is 0 Å². The zero-order valence-corrected chi connectivity index (χ0v) is 11.1. The van der Waals surface area contributed by atoms with Gasteiger partial charge < -0.3 is 5.11 Å². The topological polar surface area (TPSA) is 20.2 Å². The monoisotopic (exact) mass is 212 g/mol. The number of rotatable bonds is 4. The van der Waals surface area contributed by atoms with E-state index in [2.05, 4.69) is 20.4 Å². The fourth-order valence-corrected chi connectivity index (χ4v) is 0.432. The zero-order valence-electron chi connectivity index (χ0n) is 11.1. The summed E-state index contributed by atoms with van der Waals surface area (Å²) in [6.45, 7) is 13.9. The third-order valence-corrected chi connectivity index (χ3v) is 1.50. The third-order valence-electron chi connectivity index (χ3n) is 1.50. The summed E-state index contributed by atoms with van der Waals surface area (Å²) >= 11 is 0. The molecule has 0 aliphatic rings. The van der Waals surface area contributed by atoms with Crippen LogP contribution in [0.1, 0.15) is 47.5 Å². The maximum atomic E-state index is 8.60. The van der Waals surface area contributed by atoms with Crippen molar-refractivity contribution < 1.29 is 5.11 Å². The van der Waals surface area contributed by atoms with Gasteiger partial charge in [-0.15, -0.1) is 0 Å². The van der Waals surface area contributed by atoms with Crippen molar-refractivity contribution in [3.05, 3.63) is 36.5 Å². The summed E-state index contributed by atoms with van der Waals surface area (Å²) in [6, 6.07) is 0. The van der Waals surface area contributed by atoms with E-state index in [1.165, 1.54) is 12.8 Å². The van der Waals surface area contributed by atoms with Gasteiger partial charge in [0.15, 0.2) is 0 Å². The number of aliphatic hydroxyl groups excluding tert-OH is 1. The average molecular weight is 212 g/mol. The molecule has 0 aromatic heterocycles. The standard InChI is InChI=1S/C8H12O.C4H10.C2H6/c1-3-5-6-8(4-2)7-9;1-3-4-2;1-2/h3-6,9H,1,7H2,2H3;3-4H2,1-2H3;1-2H3/b6-5-,8-4+;;. The Balaban J connectivity index is -0.000000202. The number of aliphatic hydroxyl groups is 1. The molecule has 0 radical (unpaired) electrons. The molecule has 0 aliphatic carbocycles. The summed E-state index contributed by atoms with van der Waals surface area (Å²) in [5.74, 6) is 0. The third kappa shape index (κ3) is 24.6. The van der Waals surface area contributed by atoms with Gasteiger partial charge in [-0.3, -0.25) is 0 Å². The van der Waals surface area contributed by atoms with Crippen LogP contribution >= 0.6 is 0 Å². The summed E-state index contributed by atoms with van der Waals surface area (Å²) in [5.41, 5.74) is 0.912. The van der Waals surface area contributed by atoms with E-state index in [1.54, 1.807) is 12.2 Å². The van der Waals surface area contributed by atoms with Crippen LogP contribution in [0.5, 0.6) is 0 Å². The maximum absolute atomic E-state index is 8.60. The largest absolute Gasteiger partial charge is 0.392 e. The van der Waals surface area contributed by atoms with Crippen molar-refractivity contribution in [2.75, 3.05) is 6.61 Å². The van der Waals surface area contributed by atoms with E-state index >= 15 is 0 Å². The molecular weight excluding hydrogens is 184 g/mol. The van der Waals surface area contributed by atoms with Crippen LogP contribution in [-0.2, 0) is 0 Å². The molecule has 90 valence electrons. The summed E-state index contributed by atoms with van der Waals surface area (Å²) in [7, 11) is 0. The molecule has 0 heterocycles. The first-order valence-electron chi connectivity index (χ1n) is 5.81. The molecule has 0 unspecified atom stereocenters. The summed E-state index contributed by atoms with van der Waals surface area (Å²) in [4.78, 5) is 0. The van der Waals surface area contributed by atoms with Gasteiger partial charge in [0.2, 0.25) is 0 Å². The molecule has 15 heavy (non-hydrogen) atoms. The molecule has 0 bridgehead atoms. The highest BCUT2D eigenvalue weighted by Crippen LogP contribution is 1.93. The van der Waals surface area contributed by atoms with Crippen LogP contribution in [0.3, 0.4) is 0 Å². The Morgan fingerprint density at radius 2 is 1.67 bits per heavy atom. The van der Waals surface area contributed by atoms with Crippen molar-refractivity contribution >= 4 is 0 Å². The highest BCUT2D eigenvalue weighted by atomic mass is 16.3. The molecule has 1 heteroatoms. The smallest absolute Gasteiger partial charge is 0.0678 e. The molecule has 0 amide bonds. The molecule has 0 fully saturated rings. The second-order valence-corrected chi connectivity index (χ2v) is 2.62. The SMILES string of the molecule is C=C/C=C\C(=C/C)CO.CC.CCCC. The second-order valence-electron chi connectivity index (χ2n) is 2.62. The van der Waals surface area contributed by atoms with E-state index in [0.717, 1.165) is 5.57 Å². The van der Waals surface area contributed by atoms with Gasteiger partial charge in [0.1, 0.15) is 0 Å². The Kier molecular flexibility index (Phi) is 30.5. The molecule has 0 aromatic rings. The molecule has 1 nitrogen and oxygen atoms in total. The van der Waals surface area contributed by atoms with E-state index in [1.807, 2.05) is 32.9 Å². The van der Waals surface area contributed by atoms with Crippen molar-refractivity contribution in [2.24, 2.45) is 0 Å². The molecule has 0 aliphatic heterocycles. The average Bonchev–Trinajstić information content (AvgIpc) is 2.33. The summed E-state index contributed by atoms with van der Waals surface area (Å²) < 4.78 is 0. The van der Waals surface area contributed by atoms with Crippen molar-refractivity contribution in [3.8, 4) is 0 Å². The number of unbranched alkanes of at least 4 members (excludes halogenated alkanes) is 1.